The smallest absolute Gasteiger partial charge is 0.316 e. The first kappa shape index (κ1) is 9.12. The molecule has 0 aromatic heterocycles. The van der Waals surface area contributed by atoms with Gasteiger partial charge in [-0.25, -0.2) is 4.21 Å². The minimum Gasteiger partial charge on any atom is -0.399 e. The molecule has 0 saturated carbocycles. The van der Waals surface area contributed by atoms with Gasteiger partial charge in [0.15, 0.2) is 0 Å². The quantitative estimate of drug-likeness (QED) is 0.721. The summed E-state index contributed by atoms with van der Waals surface area (Å²) in [5.41, 5.74) is 5.78. The van der Waals surface area contributed by atoms with Crippen molar-refractivity contribution >= 4 is 16.5 Å². The molecule has 1 aromatic rings. The SMILES string of the molecule is Nc1ccc(S(=O)C(F)F)cc1. The Morgan fingerprint density at radius 2 is 1.75 bits per heavy atom. The molecule has 0 radical (unpaired) electrons. The van der Waals surface area contributed by atoms with E-state index in [1.54, 1.807) is 0 Å². The van der Waals surface area contributed by atoms with E-state index in [0.29, 0.717) is 5.69 Å². The van der Waals surface area contributed by atoms with Crippen LogP contribution < -0.4 is 5.73 Å². The van der Waals surface area contributed by atoms with E-state index >= 15 is 0 Å². The van der Waals surface area contributed by atoms with Gasteiger partial charge in [-0.2, -0.15) is 8.78 Å². The molecule has 0 heterocycles. The molecule has 0 bridgehead atoms. The average Bonchev–Trinajstić information content (AvgIpc) is 2.04. The predicted molar refractivity (Wildman–Crippen MR) is 43.3 cm³/mol. The van der Waals surface area contributed by atoms with Gasteiger partial charge in [-0.15, -0.1) is 0 Å². The molecule has 2 nitrogen and oxygen atoms in total. The molecule has 0 saturated heterocycles. The Morgan fingerprint density at radius 1 is 1.25 bits per heavy atom. The van der Waals surface area contributed by atoms with Gasteiger partial charge < -0.3 is 5.73 Å². The van der Waals surface area contributed by atoms with Crippen LogP contribution in [0.1, 0.15) is 0 Å². The topological polar surface area (TPSA) is 43.1 Å². The van der Waals surface area contributed by atoms with Gasteiger partial charge in [0.25, 0.3) is 0 Å². The summed E-state index contributed by atoms with van der Waals surface area (Å²) in [5.74, 6) is -2.84. The van der Waals surface area contributed by atoms with Crippen LogP contribution in [0, 0.1) is 0 Å². The van der Waals surface area contributed by atoms with E-state index in [0.717, 1.165) is 0 Å². The molecule has 1 unspecified atom stereocenters. The maximum absolute atomic E-state index is 11.9. The lowest BCUT2D eigenvalue weighted by molar-refractivity contribution is 0.244. The van der Waals surface area contributed by atoms with Crippen molar-refractivity contribution in [2.45, 2.75) is 10.7 Å². The second-order valence-electron chi connectivity index (χ2n) is 2.13. The van der Waals surface area contributed by atoms with Crippen LogP contribution >= 0.6 is 0 Å². The lowest BCUT2D eigenvalue weighted by Crippen LogP contribution is -2.02. The van der Waals surface area contributed by atoms with Gasteiger partial charge in [0, 0.05) is 10.6 Å². The van der Waals surface area contributed by atoms with Gasteiger partial charge in [0.05, 0.1) is 0 Å². The zero-order valence-corrected chi connectivity index (χ0v) is 6.85. The highest BCUT2D eigenvalue weighted by atomic mass is 32.2. The summed E-state index contributed by atoms with van der Waals surface area (Å²) in [6, 6.07) is 5.54. The summed E-state index contributed by atoms with van der Waals surface area (Å²) in [6.07, 6.45) is 0. The third kappa shape index (κ3) is 2.01. The monoisotopic (exact) mass is 191 g/mol. The molecule has 0 aliphatic heterocycles. The zero-order valence-electron chi connectivity index (χ0n) is 6.04. The minimum absolute atomic E-state index is 0.0965. The first-order valence-corrected chi connectivity index (χ1v) is 4.37. The lowest BCUT2D eigenvalue weighted by Gasteiger charge is -1.99. The Hall–Kier alpha value is -0.970. The number of anilines is 1. The molecule has 0 aliphatic rings. The Kier molecular flexibility index (Phi) is 2.75. The third-order valence-corrected chi connectivity index (χ3v) is 2.33. The highest BCUT2D eigenvalue weighted by Gasteiger charge is 2.14. The second-order valence-corrected chi connectivity index (χ2v) is 3.55. The van der Waals surface area contributed by atoms with Gasteiger partial charge in [0.1, 0.15) is 10.8 Å². The summed E-state index contributed by atoms with van der Waals surface area (Å²) in [5, 5.41) is 0. The van der Waals surface area contributed by atoms with E-state index in [9.17, 15) is 13.0 Å². The largest absolute Gasteiger partial charge is 0.399 e. The number of hydrogen-bond donors (Lipinski definition) is 1. The fourth-order valence-electron chi connectivity index (χ4n) is 0.705. The second kappa shape index (κ2) is 3.62. The summed E-state index contributed by atoms with van der Waals surface area (Å²) < 4.78 is 34.5. The van der Waals surface area contributed by atoms with Crippen LogP contribution in [0.5, 0.6) is 0 Å². The number of hydrogen-bond acceptors (Lipinski definition) is 2. The number of halogens is 2. The van der Waals surface area contributed by atoms with Crippen LogP contribution in [0.3, 0.4) is 0 Å². The van der Waals surface area contributed by atoms with E-state index in [2.05, 4.69) is 0 Å². The molecule has 1 aromatic carbocycles. The van der Waals surface area contributed by atoms with Crippen molar-refractivity contribution in [3.63, 3.8) is 0 Å². The van der Waals surface area contributed by atoms with E-state index in [-0.39, 0.29) is 4.90 Å². The van der Waals surface area contributed by atoms with Gasteiger partial charge in [0.2, 0.25) is 0 Å². The molecule has 5 heteroatoms. The Bertz CT molecular complexity index is 286. The molecule has 0 aliphatic carbocycles. The number of alkyl halides is 2. The summed E-state index contributed by atoms with van der Waals surface area (Å²) >= 11 is 0. The molecule has 0 spiro atoms. The first-order valence-electron chi connectivity index (χ1n) is 3.15. The highest BCUT2D eigenvalue weighted by molar-refractivity contribution is 7.85. The van der Waals surface area contributed by atoms with Crippen molar-refractivity contribution < 1.29 is 13.0 Å². The van der Waals surface area contributed by atoms with Crippen molar-refractivity contribution in [3.05, 3.63) is 24.3 Å². The molecular weight excluding hydrogens is 184 g/mol. The van der Waals surface area contributed by atoms with Crippen LogP contribution in [-0.2, 0) is 10.8 Å². The molecule has 1 rings (SSSR count). The van der Waals surface area contributed by atoms with E-state index < -0.39 is 16.6 Å². The molecule has 2 N–H and O–H groups in total. The Morgan fingerprint density at radius 3 is 2.17 bits per heavy atom. The van der Waals surface area contributed by atoms with Gasteiger partial charge in [-0.3, -0.25) is 0 Å². The maximum Gasteiger partial charge on any atom is 0.316 e. The van der Waals surface area contributed by atoms with Gasteiger partial charge >= 0.3 is 5.76 Å². The Balaban J connectivity index is 2.90. The Labute approximate surface area is 70.8 Å². The fraction of sp³-hybridized carbons (Fsp3) is 0.143. The third-order valence-electron chi connectivity index (χ3n) is 1.27. The first-order chi connectivity index (χ1) is 5.61. The van der Waals surface area contributed by atoms with Crippen molar-refractivity contribution in [2.75, 3.05) is 5.73 Å². The number of nitrogens with two attached hydrogens (primary N) is 1. The average molecular weight is 191 g/mol. The van der Waals surface area contributed by atoms with Crippen molar-refractivity contribution in [1.82, 2.24) is 0 Å². The molecule has 0 amide bonds. The molecule has 66 valence electrons. The normalized spacial score (nSPS) is 13.2. The van der Waals surface area contributed by atoms with E-state index in [1.165, 1.54) is 24.3 Å². The fourth-order valence-corrected chi connectivity index (χ4v) is 1.31. The van der Waals surface area contributed by atoms with Crippen LogP contribution in [0.2, 0.25) is 0 Å². The molecule has 1 atom stereocenters. The van der Waals surface area contributed by atoms with Crippen molar-refractivity contribution in [2.24, 2.45) is 0 Å². The molecule has 0 fully saturated rings. The lowest BCUT2D eigenvalue weighted by atomic mass is 10.3. The minimum atomic E-state index is -2.84. The molecular formula is C7H7F2NOS. The van der Waals surface area contributed by atoms with E-state index in [4.69, 9.17) is 5.73 Å². The number of rotatable bonds is 2. The van der Waals surface area contributed by atoms with Crippen LogP contribution in [0.15, 0.2) is 29.2 Å². The summed E-state index contributed by atoms with van der Waals surface area (Å²) in [4.78, 5) is 0.0965. The summed E-state index contributed by atoms with van der Waals surface area (Å²) in [7, 11) is -2.23. The maximum atomic E-state index is 11.9. The van der Waals surface area contributed by atoms with Gasteiger partial charge in [-0.05, 0) is 24.3 Å². The zero-order chi connectivity index (χ0) is 9.14. The van der Waals surface area contributed by atoms with Crippen LogP contribution in [0.25, 0.3) is 0 Å². The van der Waals surface area contributed by atoms with Crippen molar-refractivity contribution in [3.8, 4) is 0 Å². The van der Waals surface area contributed by atoms with Crippen LogP contribution in [0.4, 0.5) is 14.5 Å². The highest BCUT2D eigenvalue weighted by Crippen LogP contribution is 2.14. The predicted octanol–water partition coefficient (Wildman–Crippen LogP) is 1.60. The van der Waals surface area contributed by atoms with Crippen LogP contribution in [-0.4, -0.2) is 9.97 Å². The molecule has 12 heavy (non-hydrogen) atoms. The standard InChI is InChI=1S/C7H7F2NOS/c8-7(9)12(11)6-3-1-5(10)2-4-6/h1-4,7H,10H2. The number of nitrogen functional groups attached to an aromatic ring is 1. The van der Waals surface area contributed by atoms with E-state index in [1.807, 2.05) is 0 Å². The summed E-state index contributed by atoms with van der Waals surface area (Å²) in [6.45, 7) is 0. The number of benzene rings is 1. The van der Waals surface area contributed by atoms with Gasteiger partial charge in [-0.1, -0.05) is 0 Å². The van der Waals surface area contributed by atoms with Crippen molar-refractivity contribution in [1.29, 1.82) is 0 Å².